The van der Waals surface area contributed by atoms with E-state index in [0.29, 0.717) is 25.1 Å². The van der Waals surface area contributed by atoms with Gasteiger partial charge in [-0.1, -0.05) is 6.08 Å². The fourth-order valence-corrected chi connectivity index (χ4v) is 4.74. The number of piperidine rings is 1. The Balaban J connectivity index is 1.53. The van der Waals surface area contributed by atoms with Gasteiger partial charge < -0.3 is 10.2 Å². The highest BCUT2D eigenvalue weighted by Crippen LogP contribution is 2.52. The minimum absolute atomic E-state index is 0.0252. The second-order valence-electron chi connectivity index (χ2n) is 9.20. The first-order valence-electron chi connectivity index (χ1n) is 10.8. The molecule has 2 heterocycles. The number of hydrogen-bond donors (Lipinski definition) is 3. The Morgan fingerprint density at radius 3 is 2.15 bits per heavy atom. The summed E-state index contributed by atoms with van der Waals surface area (Å²) < 4.78 is 79.0. The number of amides is 2. The van der Waals surface area contributed by atoms with Gasteiger partial charge in [0.2, 0.25) is 11.8 Å². The molecular weight excluding hydrogens is 468 g/mol. The molecule has 3 aliphatic rings. The number of benzene rings is 1. The van der Waals surface area contributed by atoms with E-state index in [9.17, 15) is 35.9 Å². The molecule has 12 heteroatoms. The summed E-state index contributed by atoms with van der Waals surface area (Å²) in [5.74, 6) is -1.86. The summed E-state index contributed by atoms with van der Waals surface area (Å²) in [5.41, 5.74) is -1.15. The summed E-state index contributed by atoms with van der Waals surface area (Å²) in [6, 6.07) is 0.561. The smallest absolute Gasteiger partial charge is 0.337 e. The highest BCUT2D eigenvalue weighted by atomic mass is 19.4. The van der Waals surface area contributed by atoms with Crippen molar-refractivity contribution in [2.45, 2.75) is 44.1 Å². The van der Waals surface area contributed by atoms with E-state index in [4.69, 9.17) is 5.21 Å². The first-order valence-corrected chi connectivity index (χ1v) is 10.8. The van der Waals surface area contributed by atoms with Gasteiger partial charge in [-0.15, -0.1) is 0 Å². The standard InChI is InChI=1S/C22H23F6N3O3/c23-21(24,25)14-7-13(8-15(9-14)22(26,27)28)12-1-5-31(6-2-12)19(33)17-16(18(32)30-34)10-20(3-4-20)11-29-17/h1,7-9,16-17,29,34H,2-6,10-11H2,(H,30,32)/t16-,17-/m0/s1. The van der Waals surface area contributed by atoms with E-state index in [1.165, 1.54) is 11.0 Å². The highest BCUT2D eigenvalue weighted by Gasteiger charge is 2.52. The van der Waals surface area contributed by atoms with Gasteiger partial charge in [-0.25, -0.2) is 5.48 Å². The fourth-order valence-electron chi connectivity index (χ4n) is 4.74. The maximum atomic E-state index is 13.2. The van der Waals surface area contributed by atoms with Gasteiger partial charge in [-0.2, -0.15) is 26.3 Å². The van der Waals surface area contributed by atoms with E-state index < -0.39 is 47.3 Å². The Labute approximate surface area is 190 Å². The molecule has 2 amide bonds. The third kappa shape index (κ3) is 4.92. The molecule has 0 radical (unpaired) electrons. The summed E-state index contributed by atoms with van der Waals surface area (Å²) in [7, 11) is 0. The summed E-state index contributed by atoms with van der Waals surface area (Å²) in [6.07, 6.45) is -6.11. The molecule has 4 rings (SSSR count). The van der Waals surface area contributed by atoms with E-state index in [-0.39, 0.29) is 42.1 Å². The number of hydroxylamine groups is 1. The van der Waals surface area contributed by atoms with Gasteiger partial charge in [-0.05, 0) is 60.4 Å². The van der Waals surface area contributed by atoms with Crippen LogP contribution in [-0.4, -0.2) is 47.6 Å². The van der Waals surface area contributed by atoms with Crippen molar-refractivity contribution in [3.8, 4) is 0 Å². The Bertz CT molecular complexity index is 984. The molecule has 34 heavy (non-hydrogen) atoms. The lowest BCUT2D eigenvalue weighted by Crippen LogP contribution is -2.59. The minimum atomic E-state index is -4.94. The van der Waals surface area contributed by atoms with Crippen molar-refractivity contribution in [1.29, 1.82) is 0 Å². The summed E-state index contributed by atoms with van der Waals surface area (Å²) in [6.45, 7) is 0.597. The molecule has 6 nitrogen and oxygen atoms in total. The maximum absolute atomic E-state index is 13.2. The number of hydrogen-bond acceptors (Lipinski definition) is 4. The number of carbonyl (C=O) groups excluding carboxylic acids is 2. The van der Waals surface area contributed by atoms with Crippen LogP contribution in [0.3, 0.4) is 0 Å². The highest BCUT2D eigenvalue weighted by molar-refractivity contribution is 5.90. The molecule has 1 saturated heterocycles. The predicted molar refractivity (Wildman–Crippen MR) is 107 cm³/mol. The largest absolute Gasteiger partial charge is 0.416 e. The first kappa shape index (κ1) is 24.5. The molecule has 0 aromatic heterocycles. The van der Waals surface area contributed by atoms with Gasteiger partial charge >= 0.3 is 12.4 Å². The quantitative estimate of drug-likeness (QED) is 0.343. The van der Waals surface area contributed by atoms with E-state index in [1.54, 1.807) is 5.48 Å². The minimum Gasteiger partial charge on any atom is -0.337 e. The molecular formula is C22H23F6N3O3. The van der Waals surface area contributed by atoms with Crippen LogP contribution in [0.15, 0.2) is 24.3 Å². The molecule has 1 aliphatic carbocycles. The van der Waals surface area contributed by atoms with Crippen LogP contribution in [0.5, 0.6) is 0 Å². The molecule has 0 unspecified atom stereocenters. The normalized spacial score (nSPS) is 24.6. The summed E-state index contributed by atoms with van der Waals surface area (Å²) >= 11 is 0. The lowest BCUT2D eigenvalue weighted by Gasteiger charge is -2.38. The Morgan fingerprint density at radius 1 is 1.06 bits per heavy atom. The molecule has 2 fully saturated rings. The molecule has 2 atom stereocenters. The van der Waals surface area contributed by atoms with Gasteiger partial charge in [0.15, 0.2) is 0 Å². The molecule has 3 N–H and O–H groups in total. The SMILES string of the molecule is O=C(NO)[C@H]1CC2(CC2)CN[C@@H]1C(=O)N1CC=C(c2cc(C(F)(F)F)cc(C(F)(F)F)c2)CC1. The number of nitrogens with zero attached hydrogens (tertiary/aromatic N) is 1. The zero-order chi connectivity index (χ0) is 24.9. The van der Waals surface area contributed by atoms with Crippen LogP contribution < -0.4 is 10.8 Å². The van der Waals surface area contributed by atoms with Crippen LogP contribution in [-0.2, 0) is 21.9 Å². The van der Waals surface area contributed by atoms with Gasteiger partial charge in [0.25, 0.3) is 0 Å². The molecule has 1 saturated carbocycles. The number of nitrogens with one attached hydrogen (secondary N) is 2. The van der Waals surface area contributed by atoms with Crippen molar-refractivity contribution >= 4 is 17.4 Å². The topological polar surface area (TPSA) is 81.7 Å². The second kappa shape index (κ2) is 8.56. The summed E-state index contributed by atoms with van der Waals surface area (Å²) in [5, 5.41) is 12.2. The molecule has 1 aromatic rings. The van der Waals surface area contributed by atoms with Crippen LogP contribution in [0.1, 0.15) is 42.4 Å². The fraction of sp³-hybridized carbons (Fsp3) is 0.545. The van der Waals surface area contributed by atoms with Crippen LogP contribution in [0, 0.1) is 11.3 Å². The average molecular weight is 491 g/mol. The molecule has 186 valence electrons. The Morgan fingerprint density at radius 2 is 1.68 bits per heavy atom. The number of halogens is 6. The third-order valence-corrected chi connectivity index (χ3v) is 6.90. The van der Waals surface area contributed by atoms with Crippen LogP contribution in [0.25, 0.3) is 5.57 Å². The molecule has 2 aliphatic heterocycles. The monoisotopic (exact) mass is 491 g/mol. The van der Waals surface area contributed by atoms with Crippen molar-refractivity contribution in [2.75, 3.05) is 19.6 Å². The van der Waals surface area contributed by atoms with E-state index in [1.807, 2.05) is 0 Å². The number of rotatable bonds is 3. The van der Waals surface area contributed by atoms with Crippen LogP contribution in [0.4, 0.5) is 26.3 Å². The number of carbonyl (C=O) groups is 2. The van der Waals surface area contributed by atoms with Crippen molar-refractivity contribution < 1.29 is 41.1 Å². The number of alkyl halides is 6. The summed E-state index contributed by atoms with van der Waals surface area (Å²) in [4.78, 5) is 26.7. The van der Waals surface area contributed by atoms with Gasteiger partial charge in [0, 0.05) is 19.6 Å². The first-order chi connectivity index (χ1) is 15.8. The van der Waals surface area contributed by atoms with Crippen LogP contribution in [0.2, 0.25) is 0 Å². The van der Waals surface area contributed by atoms with Crippen molar-refractivity contribution in [3.05, 3.63) is 41.0 Å². The Kier molecular flexibility index (Phi) is 6.17. The van der Waals surface area contributed by atoms with Gasteiger partial charge in [0.1, 0.15) is 0 Å². The van der Waals surface area contributed by atoms with Gasteiger partial charge in [-0.3, -0.25) is 14.8 Å². The van der Waals surface area contributed by atoms with Crippen molar-refractivity contribution in [3.63, 3.8) is 0 Å². The lowest BCUT2D eigenvalue weighted by atomic mass is 9.81. The second-order valence-corrected chi connectivity index (χ2v) is 9.20. The van der Waals surface area contributed by atoms with Crippen molar-refractivity contribution in [2.24, 2.45) is 11.3 Å². The molecule has 0 bridgehead atoms. The predicted octanol–water partition coefficient (Wildman–Crippen LogP) is 3.60. The van der Waals surface area contributed by atoms with Crippen LogP contribution >= 0.6 is 0 Å². The maximum Gasteiger partial charge on any atom is 0.416 e. The Hall–Kier alpha value is -2.60. The van der Waals surface area contributed by atoms with Crippen molar-refractivity contribution in [1.82, 2.24) is 15.7 Å². The molecule has 1 spiro atoms. The average Bonchev–Trinajstić information content (AvgIpc) is 3.55. The van der Waals surface area contributed by atoms with Gasteiger partial charge in [0.05, 0.1) is 23.1 Å². The van der Waals surface area contributed by atoms with E-state index >= 15 is 0 Å². The molecule has 1 aromatic carbocycles. The lowest BCUT2D eigenvalue weighted by molar-refractivity contribution is -0.144. The zero-order valence-electron chi connectivity index (χ0n) is 17.9. The van der Waals surface area contributed by atoms with E-state index in [0.717, 1.165) is 12.8 Å². The third-order valence-electron chi connectivity index (χ3n) is 6.90. The van der Waals surface area contributed by atoms with E-state index in [2.05, 4.69) is 5.32 Å². The zero-order valence-corrected chi connectivity index (χ0v) is 17.9.